The number of nitrogens with zero attached hydrogens (tertiary/aromatic N) is 3. The number of carbonyl (C=O) groups excluding carboxylic acids is 2. The lowest BCUT2D eigenvalue weighted by molar-refractivity contribution is -0.146. The highest BCUT2D eigenvalue weighted by Crippen LogP contribution is 2.60. The minimum atomic E-state index is -0.110. The van der Waals surface area contributed by atoms with Crippen LogP contribution in [0.25, 0.3) is 11.4 Å². The van der Waals surface area contributed by atoms with Gasteiger partial charge in [-0.25, -0.2) is 0 Å². The predicted molar refractivity (Wildman–Crippen MR) is 134 cm³/mol. The van der Waals surface area contributed by atoms with E-state index >= 15 is 0 Å². The lowest BCUT2D eigenvalue weighted by atomic mass is 9.49. The number of carbonyl (C=O) groups is 2. The molecule has 0 atom stereocenters. The molecule has 4 bridgehead atoms. The first-order valence-corrected chi connectivity index (χ1v) is 13.7. The van der Waals surface area contributed by atoms with Gasteiger partial charge < -0.3 is 15.2 Å². The lowest BCUT2D eigenvalue weighted by Gasteiger charge is -2.55. The Labute approximate surface area is 207 Å². The SMILES string of the molecule is O=C(CCCNC(=O)C12CC3CC(CC(C3)C1)C2)Nc1ccc(-c2nnc3n2CCCCC3)cc1. The fourth-order valence-corrected chi connectivity index (χ4v) is 7.65. The summed E-state index contributed by atoms with van der Waals surface area (Å²) >= 11 is 0. The van der Waals surface area contributed by atoms with Gasteiger partial charge in [0.05, 0.1) is 0 Å². The van der Waals surface area contributed by atoms with Crippen molar-refractivity contribution in [2.75, 3.05) is 11.9 Å². The molecular weight excluding hydrogens is 438 g/mol. The van der Waals surface area contributed by atoms with Crippen LogP contribution in [-0.2, 0) is 22.6 Å². The van der Waals surface area contributed by atoms with Crippen LogP contribution >= 0.6 is 0 Å². The van der Waals surface area contributed by atoms with Crippen LogP contribution in [0.3, 0.4) is 0 Å². The van der Waals surface area contributed by atoms with E-state index in [-0.39, 0.29) is 17.2 Å². The van der Waals surface area contributed by atoms with Crippen LogP contribution in [-0.4, -0.2) is 33.1 Å². The van der Waals surface area contributed by atoms with E-state index < -0.39 is 0 Å². The highest BCUT2D eigenvalue weighted by atomic mass is 16.2. The van der Waals surface area contributed by atoms with E-state index in [1.165, 1.54) is 32.1 Å². The number of rotatable bonds is 7. The number of hydrogen-bond acceptors (Lipinski definition) is 4. The van der Waals surface area contributed by atoms with Gasteiger partial charge in [0.1, 0.15) is 5.82 Å². The Balaban J connectivity index is 0.969. The maximum Gasteiger partial charge on any atom is 0.226 e. The molecule has 1 aliphatic heterocycles. The van der Waals surface area contributed by atoms with Gasteiger partial charge in [0, 0.05) is 42.6 Å². The third-order valence-corrected chi connectivity index (χ3v) is 8.92. The van der Waals surface area contributed by atoms with Crippen LogP contribution in [0.2, 0.25) is 0 Å². The second-order valence-corrected chi connectivity index (χ2v) is 11.6. The summed E-state index contributed by atoms with van der Waals surface area (Å²) < 4.78 is 2.23. The number of hydrogen-bond donors (Lipinski definition) is 2. The molecule has 1 aromatic heterocycles. The molecule has 7 heteroatoms. The average molecular weight is 476 g/mol. The van der Waals surface area contributed by atoms with Gasteiger partial charge in [-0.2, -0.15) is 0 Å². The second kappa shape index (κ2) is 9.40. The van der Waals surface area contributed by atoms with E-state index in [0.29, 0.717) is 19.4 Å². The molecule has 35 heavy (non-hydrogen) atoms. The minimum absolute atomic E-state index is 0.0156. The van der Waals surface area contributed by atoms with E-state index in [1.54, 1.807) is 0 Å². The molecule has 0 spiro atoms. The Morgan fingerprint density at radius 1 is 0.943 bits per heavy atom. The van der Waals surface area contributed by atoms with Crippen molar-refractivity contribution in [2.45, 2.75) is 83.6 Å². The van der Waals surface area contributed by atoms with E-state index in [2.05, 4.69) is 25.4 Å². The molecule has 0 radical (unpaired) electrons. The summed E-state index contributed by atoms with van der Waals surface area (Å²) in [4.78, 5) is 25.5. The third kappa shape index (κ3) is 4.62. The van der Waals surface area contributed by atoms with Crippen molar-refractivity contribution in [3.63, 3.8) is 0 Å². The zero-order valence-electron chi connectivity index (χ0n) is 20.6. The first-order valence-electron chi connectivity index (χ1n) is 13.7. The Kier molecular flexibility index (Phi) is 6.11. The lowest BCUT2D eigenvalue weighted by Crippen LogP contribution is -2.53. The summed E-state index contributed by atoms with van der Waals surface area (Å²) in [6.45, 7) is 1.54. The molecule has 4 aliphatic carbocycles. The van der Waals surface area contributed by atoms with Gasteiger partial charge in [-0.15, -0.1) is 10.2 Å². The Hall–Kier alpha value is -2.70. The summed E-state index contributed by atoms with van der Waals surface area (Å²) in [6.07, 6.45) is 12.9. The summed E-state index contributed by atoms with van der Waals surface area (Å²) in [6, 6.07) is 7.87. The van der Waals surface area contributed by atoms with Crippen molar-refractivity contribution in [2.24, 2.45) is 23.2 Å². The number of nitrogens with one attached hydrogen (secondary N) is 2. The number of anilines is 1. The van der Waals surface area contributed by atoms with E-state index in [0.717, 1.165) is 79.3 Å². The standard InChI is InChI=1S/C28H37N5O2/c34-25(6-4-11-29-27(35)28-16-19-13-20(17-28)15-21(14-19)18-28)30-23-9-7-22(8-10-23)26-32-31-24-5-2-1-3-12-33(24)26/h7-10,19-21H,1-6,11-18H2,(H,29,35)(H,30,34). The number of aromatic nitrogens is 3. The topological polar surface area (TPSA) is 88.9 Å². The van der Waals surface area contributed by atoms with Crippen molar-refractivity contribution in [3.05, 3.63) is 30.1 Å². The van der Waals surface area contributed by atoms with Gasteiger partial charge in [-0.3, -0.25) is 9.59 Å². The molecule has 2 heterocycles. The van der Waals surface area contributed by atoms with Crippen molar-refractivity contribution >= 4 is 17.5 Å². The zero-order valence-corrected chi connectivity index (χ0v) is 20.6. The van der Waals surface area contributed by atoms with Gasteiger partial charge in [0.2, 0.25) is 11.8 Å². The molecule has 7 nitrogen and oxygen atoms in total. The molecule has 1 aromatic carbocycles. The largest absolute Gasteiger partial charge is 0.356 e. The zero-order chi connectivity index (χ0) is 23.8. The highest BCUT2D eigenvalue weighted by Gasteiger charge is 2.54. The molecule has 0 saturated heterocycles. The van der Waals surface area contributed by atoms with Crippen molar-refractivity contribution in [3.8, 4) is 11.4 Å². The molecule has 7 rings (SSSR count). The van der Waals surface area contributed by atoms with Crippen molar-refractivity contribution < 1.29 is 9.59 Å². The number of fused-ring (bicyclic) bond motifs is 1. The molecule has 2 aromatic rings. The molecule has 4 saturated carbocycles. The number of benzene rings is 1. The van der Waals surface area contributed by atoms with Crippen LogP contribution in [0, 0.1) is 23.2 Å². The fraction of sp³-hybridized carbons (Fsp3) is 0.643. The summed E-state index contributed by atoms with van der Waals surface area (Å²) in [5.74, 6) is 4.52. The van der Waals surface area contributed by atoms with E-state index in [4.69, 9.17) is 0 Å². The molecule has 186 valence electrons. The molecule has 2 N–H and O–H groups in total. The van der Waals surface area contributed by atoms with Gasteiger partial charge in [0.15, 0.2) is 5.82 Å². The normalized spacial score (nSPS) is 28.9. The Morgan fingerprint density at radius 2 is 1.66 bits per heavy atom. The molecule has 2 amide bonds. The van der Waals surface area contributed by atoms with E-state index in [1.807, 2.05) is 24.3 Å². The number of amides is 2. The molecule has 4 fully saturated rings. The average Bonchev–Trinajstić information content (AvgIpc) is 3.09. The summed E-state index contributed by atoms with van der Waals surface area (Å²) in [5, 5.41) is 15.0. The quantitative estimate of drug-likeness (QED) is 0.567. The van der Waals surface area contributed by atoms with Gasteiger partial charge in [0.25, 0.3) is 0 Å². The fourth-order valence-electron chi connectivity index (χ4n) is 7.65. The van der Waals surface area contributed by atoms with Crippen LogP contribution in [0.5, 0.6) is 0 Å². The predicted octanol–water partition coefficient (Wildman–Crippen LogP) is 4.72. The summed E-state index contributed by atoms with van der Waals surface area (Å²) in [7, 11) is 0. The first-order chi connectivity index (χ1) is 17.1. The highest BCUT2D eigenvalue weighted by molar-refractivity contribution is 5.91. The third-order valence-electron chi connectivity index (χ3n) is 8.92. The molecular formula is C28H37N5O2. The monoisotopic (exact) mass is 475 g/mol. The summed E-state index contributed by atoms with van der Waals surface area (Å²) in [5.41, 5.74) is 1.70. The van der Waals surface area contributed by atoms with E-state index in [9.17, 15) is 9.59 Å². The van der Waals surface area contributed by atoms with Crippen LogP contribution in [0.1, 0.15) is 76.5 Å². The molecule has 0 unspecified atom stereocenters. The second-order valence-electron chi connectivity index (χ2n) is 11.6. The minimum Gasteiger partial charge on any atom is -0.356 e. The first kappa shape index (κ1) is 22.7. The smallest absolute Gasteiger partial charge is 0.226 e. The number of aryl methyl sites for hydroxylation is 1. The van der Waals surface area contributed by atoms with Crippen LogP contribution in [0.15, 0.2) is 24.3 Å². The Morgan fingerprint density at radius 3 is 2.37 bits per heavy atom. The maximum atomic E-state index is 13.0. The van der Waals surface area contributed by atoms with Gasteiger partial charge in [-0.05, 0) is 99.8 Å². The molecule has 5 aliphatic rings. The van der Waals surface area contributed by atoms with Crippen LogP contribution < -0.4 is 10.6 Å². The van der Waals surface area contributed by atoms with Gasteiger partial charge >= 0.3 is 0 Å². The van der Waals surface area contributed by atoms with Gasteiger partial charge in [-0.1, -0.05) is 6.42 Å². The maximum absolute atomic E-state index is 13.0. The van der Waals surface area contributed by atoms with Crippen molar-refractivity contribution in [1.82, 2.24) is 20.1 Å². The van der Waals surface area contributed by atoms with Crippen LogP contribution in [0.4, 0.5) is 5.69 Å². The van der Waals surface area contributed by atoms with Crippen molar-refractivity contribution in [1.29, 1.82) is 0 Å². The Bertz CT molecular complexity index is 1050.